The highest BCUT2D eigenvalue weighted by molar-refractivity contribution is 7.87. The first-order valence-corrected chi connectivity index (χ1v) is 8.95. The molecule has 0 radical (unpaired) electrons. The largest absolute Gasteiger partial charge is 0.378 e. The molecule has 0 aliphatic heterocycles. The summed E-state index contributed by atoms with van der Waals surface area (Å²) >= 11 is 0. The second-order valence-corrected chi connectivity index (χ2v) is 7.07. The zero-order valence-corrected chi connectivity index (χ0v) is 13.5. The standard InChI is InChI=1S/C20H14O3S/c21-24(22,18-13-12-15-6-1-2-8-17(15)14-18)23-20-11-5-9-16-7-3-4-10-19(16)20/h1-14H. The molecule has 0 atom stereocenters. The Bertz CT molecular complexity index is 1140. The van der Waals surface area contributed by atoms with Gasteiger partial charge >= 0.3 is 10.1 Å². The van der Waals surface area contributed by atoms with Gasteiger partial charge in [0.05, 0.1) is 0 Å². The lowest BCUT2D eigenvalue weighted by Gasteiger charge is -2.10. The highest BCUT2D eigenvalue weighted by Crippen LogP contribution is 2.29. The molecule has 4 aromatic carbocycles. The maximum absolute atomic E-state index is 12.7. The van der Waals surface area contributed by atoms with Crippen molar-refractivity contribution in [1.82, 2.24) is 0 Å². The highest BCUT2D eigenvalue weighted by atomic mass is 32.2. The minimum atomic E-state index is -3.90. The summed E-state index contributed by atoms with van der Waals surface area (Å²) in [5.74, 6) is 0.334. The third-order valence-corrected chi connectivity index (χ3v) is 5.19. The Balaban J connectivity index is 1.79. The van der Waals surface area contributed by atoms with Crippen LogP contribution in [0.25, 0.3) is 21.5 Å². The van der Waals surface area contributed by atoms with Gasteiger partial charge in [-0.2, -0.15) is 8.42 Å². The second-order valence-electron chi connectivity index (χ2n) is 5.52. The van der Waals surface area contributed by atoms with Crippen molar-refractivity contribution >= 4 is 31.7 Å². The van der Waals surface area contributed by atoms with Crippen LogP contribution in [0.3, 0.4) is 0 Å². The Labute approximate surface area is 140 Å². The third kappa shape index (κ3) is 2.61. The Morgan fingerprint density at radius 3 is 2.12 bits per heavy atom. The molecule has 0 unspecified atom stereocenters. The van der Waals surface area contributed by atoms with Crippen LogP contribution in [0.15, 0.2) is 89.8 Å². The van der Waals surface area contributed by atoms with E-state index in [9.17, 15) is 8.42 Å². The van der Waals surface area contributed by atoms with Gasteiger partial charge in [0.2, 0.25) is 0 Å². The molecular weight excluding hydrogens is 320 g/mol. The Kier molecular flexibility index (Phi) is 3.47. The van der Waals surface area contributed by atoms with Crippen LogP contribution < -0.4 is 4.18 Å². The molecule has 0 aromatic heterocycles. The number of rotatable bonds is 3. The minimum Gasteiger partial charge on any atom is -0.378 e. The maximum Gasteiger partial charge on any atom is 0.339 e. The van der Waals surface area contributed by atoms with Crippen molar-refractivity contribution in [3.63, 3.8) is 0 Å². The summed E-state index contributed by atoms with van der Waals surface area (Å²) in [5.41, 5.74) is 0. The van der Waals surface area contributed by atoms with Crippen LogP contribution in [0.2, 0.25) is 0 Å². The van der Waals surface area contributed by atoms with E-state index in [1.165, 1.54) is 0 Å². The summed E-state index contributed by atoms with van der Waals surface area (Å²) in [5, 5.41) is 3.55. The van der Waals surface area contributed by atoms with Crippen molar-refractivity contribution < 1.29 is 12.6 Å². The summed E-state index contributed by atoms with van der Waals surface area (Å²) in [7, 11) is -3.90. The molecule has 0 saturated carbocycles. The van der Waals surface area contributed by atoms with E-state index in [-0.39, 0.29) is 4.90 Å². The molecular formula is C20H14O3S. The number of benzene rings is 4. The normalized spacial score (nSPS) is 11.7. The van der Waals surface area contributed by atoms with Gasteiger partial charge in [-0.3, -0.25) is 0 Å². The average Bonchev–Trinajstić information content (AvgIpc) is 2.61. The predicted octanol–water partition coefficient (Wildman–Crippen LogP) is 4.76. The van der Waals surface area contributed by atoms with E-state index in [1.807, 2.05) is 54.6 Å². The van der Waals surface area contributed by atoms with Crippen LogP contribution in [0.4, 0.5) is 0 Å². The fourth-order valence-corrected chi connectivity index (χ4v) is 3.74. The van der Waals surface area contributed by atoms with Gasteiger partial charge in [-0.1, -0.05) is 66.7 Å². The van der Waals surface area contributed by atoms with Crippen molar-refractivity contribution in [1.29, 1.82) is 0 Å². The molecule has 4 rings (SSSR count). The van der Waals surface area contributed by atoms with Crippen LogP contribution in [-0.2, 0) is 10.1 Å². The van der Waals surface area contributed by atoms with Crippen molar-refractivity contribution in [3.05, 3.63) is 84.9 Å². The quantitative estimate of drug-likeness (QED) is 0.507. The second kappa shape index (κ2) is 5.65. The van der Waals surface area contributed by atoms with E-state index in [0.717, 1.165) is 21.5 Å². The SMILES string of the molecule is O=S(=O)(Oc1cccc2ccccc12)c1ccc2ccccc2c1. The third-order valence-electron chi connectivity index (χ3n) is 3.96. The van der Waals surface area contributed by atoms with Crippen LogP contribution in [0, 0.1) is 0 Å². The predicted molar refractivity (Wildman–Crippen MR) is 95.7 cm³/mol. The maximum atomic E-state index is 12.7. The van der Waals surface area contributed by atoms with Gasteiger partial charge < -0.3 is 4.18 Å². The molecule has 0 saturated heterocycles. The molecule has 3 nitrogen and oxygen atoms in total. The average molecular weight is 334 g/mol. The fraction of sp³-hybridized carbons (Fsp3) is 0. The molecule has 4 aromatic rings. The minimum absolute atomic E-state index is 0.147. The fourth-order valence-electron chi connectivity index (χ4n) is 2.76. The monoisotopic (exact) mass is 334 g/mol. The molecule has 0 aliphatic rings. The zero-order valence-electron chi connectivity index (χ0n) is 12.7. The topological polar surface area (TPSA) is 43.4 Å². The summed E-state index contributed by atoms with van der Waals surface area (Å²) in [6.07, 6.45) is 0. The van der Waals surface area contributed by atoms with Gasteiger partial charge in [-0.25, -0.2) is 0 Å². The van der Waals surface area contributed by atoms with Crippen LogP contribution in [-0.4, -0.2) is 8.42 Å². The lowest BCUT2D eigenvalue weighted by Crippen LogP contribution is -2.09. The first kappa shape index (κ1) is 14.7. The summed E-state index contributed by atoms with van der Waals surface area (Å²) in [4.78, 5) is 0.147. The van der Waals surface area contributed by atoms with Gasteiger partial charge in [-0.15, -0.1) is 0 Å². The van der Waals surface area contributed by atoms with Crippen molar-refractivity contribution in [2.75, 3.05) is 0 Å². The summed E-state index contributed by atoms with van der Waals surface area (Å²) < 4.78 is 30.8. The van der Waals surface area contributed by atoms with Gasteiger partial charge in [0.15, 0.2) is 5.75 Å². The van der Waals surface area contributed by atoms with Crippen molar-refractivity contribution in [3.8, 4) is 5.75 Å². The molecule has 4 heteroatoms. The number of hydrogen-bond acceptors (Lipinski definition) is 3. The molecule has 0 spiro atoms. The smallest absolute Gasteiger partial charge is 0.339 e. The Morgan fingerprint density at radius 2 is 1.29 bits per heavy atom. The molecule has 0 heterocycles. The Morgan fingerprint density at radius 1 is 0.625 bits per heavy atom. The first-order chi connectivity index (χ1) is 11.6. The van der Waals surface area contributed by atoms with Crippen LogP contribution in [0.1, 0.15) is 0 Å². The van der Waals surface area contributed by atoms with E-state index >= 15 is 0 Å². The zero-order chi connectivity index (χ0) is 16.6. The van der Waals surface area contributed by atoms with Crippen LogP contribution in [0.5, 0.6) is 5.75 Å². The van der Waals surface area contributed by atoms with E-state index in [1.54, 1.807) is 30.3 Å². The molecule has 0 amide bonds. The van der Waals surface area contributed by atoms with Gasteiger partial charge in [0.25, 0.3) is 0 Å². The van der Waals surface area contributed by atoms with Gasteiger partial charge in [-0.05, 0) is 34.4 Å². The molecule has 0 N–H and O–H groups in total. The lowest BCUT2D eigenvalue weighted by atomic mass is 10.1. The molecule has 0 aliphatic carbocycles. The molecule has 0 fully saturated rings. The molecule has 0 bridgehead atoms. The van der Waals surface area contributed by atoms with E-state index in [4.69, 9.17) is 4.18 Å². The first-order valence-electron chi connectivity index (χ1n) is 7.54. The lowest BCUT2D eigenvalue weighted by molar-refractivity contribution is 0.489. The number of fused-ring (bicyclic) bond motifs is 2. The summed E-state index contributed by atoms with van der Waals surface area (Å²) in [6, 6.07) is 25.5. The van der Waals surface area contributed by atoms with Gasteiger partial charge in [0, 0.05) is 5.39 Å². The van der Waals surface area contributed by atoms with Crippen molar-refractivity contribution in [2.45, 2.75) is 4.90 Å². The van der Waals surface area contributed by atoms with Crippen LogP contribution >= 0.6 is 0 Å². The highest BCUT2D eigenvalue weighted by Gasteiger charge is 2.18. The van der Waals surface area contributed by atoms with E-state index < -0.39 is 10.1 Å². The van der Waals surface area contributed by atoms with Gasteiger partial charge in [0.1, 0.15) is 4.90 Å². The molecule has 118 valence electrons. The van der Waals surface area contributed by atoms with E-state index in [0.29, 0.717) is 5.75 Å². The molecule has 24 heavy (non-hydrogen) atoms. The number of hydrogen-bond donors (Lipinski definition) is 0. The Hall–Kier alpha value is -2.85. The van der Waals surface area contributed by atoms with Crippen molar-refractivity contribution in [2.24, 2.45) is 0 Å². The summed E-state index contributed by atoms with van der Waals surface area (Å²) in [6.45, 7) is 0. The van der Waals surface area contributed by atoms with E-state index in [2.05, 4.69) is 0 Å².